The molecule has 0 saturated heterocycles. The fraction of sp³-hybridized carbons (Fsp3) is 0.385. The topological polar surface area (TPSA) is 77.8 Å². The molecule has 0 saturated carbocycles. The van der Waals surface area contributed by atoms with Crippen molar-refractivity contribution in [3.63, 3.8) is 0 Å². The molecule has 0 amide bonds. The molecule has 0 aliphatic rings. The van der Waals surface area contributed by atoms with Gasteiger partial charge in [-0.15, -0.1) is 0 Å². The number of para-hydroxylation sites is 1. The Hall–Kier alpha value is -2.04. The van der Waals surface area contributed by atoms with Gasteiger partial charge in [-0.1, -0.05) is 18.2 Å². The highest BCUT2D eigenvalue weighted by atomic mass is 16.4. The molecular formula is C13H17NO4. The highest BCUT2D eigenvalue weighted by Gasteiger charge is 2.10. The molecule has 0 bridgehead atoms. The minimum Gasteiger partial charge on any atom is -0.481 e. The monoisotopic (exact) mass is 251 g/mol. The summed E-state index contributed by atoms with van der Waals surface area (Å²) in [5.41, 5.74) is 0.843. The first-order valence-corrected chi connectivity index (χ1v) is 5.83. The summed E-state index contributed by atoms with van der Waals surface area (Å²) in [7, 11) is 0. The third-order valence-electron chi connectivity index (χ3n) is 2.52. The fourth-order valence-corrected chi connectivity index (χ4v) is 1.68. The number of aliphatic carboxylic acids is 2. The number of benzene rings is 1. The number of hydrogen-bond donors (Lipinski definition) is 2. The molecule has 0 unspecified atom stereocenters. The Labute approximate surface area is 106 Å². The summed E-state index contributed by atoms with van der Waals surface area (Å²) in [6.07, 6.45) is 1.34. The van der Waals surface area contributed by atoms with Crippen LogP contribution in [0.2, 0.25) is 0 Å². The number of hydrogen-bond acceptors (Lipinski definition) is 3. The maximum Gasteiger partial charge on any atom is 0.323 e. The SMILES string of the molecule is O=C(O)CCCCN(CC(=O)O)c1ccccc1. The number of carboxylic acids is 2. The molecule has 0 aromatic heterocycles. The molecule has 0 spiro atoms. The van der Waals surface area contributed by atoms with E-state index >= 15 is 0 Å². The second kappa shape index (κ2) is 7.32. The van der Waals surface area contributed by atoms with Crippen LogP contribution in [0.3, 0.4) is 0 Å². The number of nitrogens with zero attached hydrogens (tertiary/aromatic N) is 1. The molecule has 1 rings (SSSR count). The van der Waals surface area contributed by atoms with Gasteiger partial charge in [-0.2, -0.15) is 0 Å². The van der Waals surface area contributed by atoms with Gasteiger partial charge in [-0.25, -0.2) is 0 Å². The van der Waals surface area contributed by atoms with Gasteiger partial charge in [0.2, 0.25) is 0 Å². The van der Waals surface area contributed by atoms with Crippen LogP contribution in [-0.2, 0) is 9.59 Å². The molecule has 0 heterocycles. The lowest BCUT2D eigenvalue weighted by molar-refractivity contribution is -0.137. The number of anilines is 1. The van der Waals surface area contributed by atoms with E-state index in [0.717, 1.165) is 5.69 Å². The van der Waals surface area contributed by atoms with Crippen molar-refractivity contribution < 1.29 is 19.8 Å². The Balaban J connectivity index is 2.51. The standard InChI is InChI=1S/C13H17NO4/c15-12(16)8-4-5-9-14(10-13(17)18)11-6-2-1-3-7-11/h1-3,6-7H,4-5,8-10H2,(H,15,16)(H,17,18). The van der Waals surface area contributed by atoms with Gasteiger partial charge in [-0.3, -0.25) is 9.59 Å². The minimum absolute atomic E-state index is 0.0723. The van der Waals surface area contributed by atoms with Crippen molar-refractivity contribution in [3.8, 4) is 0 Å². The number of rotatable bonds is 8. The summed E-state index contributed by atoms with van der Waals surface area (Å²) in [5.74, 6) is -1.71. The minimum atomic E-state index is -0.892. The molecular weight excluding hydrogens is 234 g/mol. The molecule has 5 heteroatoms. The van der Waals surface area contributed by atoms with E-state index in [-0.39, 0.29) is 13.0 Å². The van der Waals surface area contributed by atoms with Crippen LogP contribution >= 0.6 is 0 Å². The summed E-state index contributed by atoms with van der Waals surface area (Å²) in [6, 6.07) is 9.26. The zero-order chi connectivity index (χ0) is 13.4. The zero-order valence-corrected chi connectivity index (χ0v) is 10.1. The Morgan fingerprint density at radius 3 is 2.22 bits per heavy atom. The van der Waals surface area contributed by atoms with Crippen LogP contribution in [0.25, 0.3) is 0 Å². The molecule has 0 aliphatic carbocycles. The largest absolute Gasteiger partial charge is 0.481 e. The van der Waals surface area contributed by atoms with Gasteiger partial charge in [0, 0.05) is 18.7 Å². The third-order valence-corrected chi connectivity index (χ3v) is 2.52. The van der Waals surface area contributed by atoms with Crippen LogP contribution in [0.1, 0.15) is 19.3 Å². The molecule has 1 aromatic carbocycles. The van der Waals surface area contributed by atoms with Crippen LogP contribution in [-0.4, -0.2) is 35.2 Å². The van der Waals surface area contributed by atoms with Crippen molar-refractivity contribution in [3.05, 3.63) is 30.3 Å². The maximum absolute atomic E-state index is 10.8. The van der Waals surface area contributed by atoms with Crippen molar-refractivity contribution in [2.75, 3.05) is 18.0 Å². The van der Waals surface area contributed by atoms with Crippen LogP contribution < -0.4 is 4.90 Å². The van der Waals surface area contributed by atoms with E-state index in [2.05, 4.69) is 0 Å². The van der Waals surface area contributed by atoms with E-state index < -0.39 is 11.9 Å². The molecule has 0 radical (unpaired) electrons. The van der Waals surface area contributed by atoms with Crippen LogP contribution in [0.15, 0.2) is 30.3 Å². The van der Waals surface area contributed by atoms with Crippen molar-refractivity contribution in [1.82, 2.24) is 0 Å². The van der Waals surface area contributed by atoms with Gasteiger partial charge in [-0.05, 0) is 25.0 Å². The first kappa shape index (κ1) is 14.0. The van der Waals surface area contributed by atoms with E-state index in [0.29, 0.717) is 19.4 Å². The molecule has 0 aliphatic heterocycles. The first-order chi connectivity index (χ1) is 8.59. The normalized spacial score (nSPS) is 10.0. The molecule has 98 valence electrons. The predicted octanol–water partition coefficient (Wildman–Crippen LogP) is 1.83. The summed E-state index contributed by atoms with van der Waals surface area (Å²) in [6.45, 7) is 0.473. The quantitative estimate of drug-likeness (QED) is 0.689. The lowest BCUT2D eigenvalue weighted by Crippen LogP contribution is -2.30. The van der Waals surface area contributed by atoms with E-state index in [1.54, 1.807) is 4.90 Å². The lowest BCUT2D eigenvalue weighted by atomic mass is 10.2. The predicted molar refractivity (Wildman–Crippen MR) is 67.8 cm³/mol. The number of unbranched alkanes of at least 4 members (excludes halogenated alkanes) is 1. The second-order valence-corrected chi connectivity index (χ2v) is 4.00. The zero-order valence-electron chi connectivity index (χ0n) is 10.1. The van der Waals surface area contributed by atoms with Crippen molar-refractivity contribution in [2.45, 2.75) is 19.3 Å². The number of carbonyl (C=O) groups is 2. The molecule has 1 aromatic rings. The highest BCUT2D eigenvalue weighted by Crippen LogP contribution is 2.14. The molecule has 0 fully saturated rings. The Morgan fingerprint density at radius 2 is 1.67 bits per heavy atom. The Morgan fingerprint density at radius 1 is 1.00 bits per heavy atom. The summed E-state index contributed by atoms with van der Waals surface area (Å²) in [4.78, 5) is 22.9. The smallest absolute Gasteiger partial charge is 0.323 e. The van der Waals surface area contributed by atoms with Crippen molar-refractivity contribution in [2.24, 2.45) is 0 Å². The average molecular weight is 251 g/mol. The van der Waals surface area contributed by atoms with Crippen molar-refractivity contribution in [1.29, 1.82) is 0 Å². The average Bonchev–Trinajstić information content (AvgIpc) is 2.33. The lowest BCUT2D eigenvalue weighted by Gasteiger charge is -2.22. The van der Waals surface area contributed by atoms with E-state index in [1.807, 2.05) is 30.3 Å². The van der Waals surface area contributed by atoms with Crippen molar-refractivity contribution >= 4 is 17.6 Å². The van der Waals surface area contributed by atoms with Gasteiger partial charge in [0.15, 0.2) is 0 Å². The van der Waals surface area contributed by atoms with Gasteiger partial charge < -0.3 is 15.1 Å². The maximum atomic E-state index is 10.8. The van der Waals surface area contributed by atoms with Crippen LogP contribution in [0.4, 0.5) is 5.69 Å². The number of carboxylic acid groups (broad SMARTS) is 2. The van der Waals surface area contributed by atoms with Gasteiger partial charge in [0.1, 0.15) is 6.54 Å². The highest BCUT2D eigenvalue weighted by molar-refractivity contribution is 5.73. The van der Waals surface area contributed by atoms with Crippen LogP contribution in [0.5, 0.6) is 0 Å². The second-order valence-electron chi connectivity index (χ2n) is 4.00. The molecule has 0 atom stereocenters. The van der Waals surface area contributed by atoms with Gasteiger partial charge >= 0.3 is 11.9 Å². The fourth-order valence-electron chi connectivity index (χ4n) is 1.68. The third kappa shape index (κ3) is 5.34. The summed E-state index contributed by atoms with van der Waals surface area (Å²) >= 11 is 0. The molecule has 2 N–H and O–H groups in total. The Bertz CT molecular complexity index is 391. The first-order valence-electron chi connectivity index (χ1n) is 5.83. The molecule has 5 nitrogen and oxygen atoms in total. The molecule has 18 heavy (non-hydrogen) atoms. The Kier molecular flexibility index (Phi) is 5.70. The summed E-state index contributed by atoms with van der Waals surface area (Å²) < 4.78 is 0. The van der Waals surface area contributed by atoms with E-state index in [4.69, 9.17) is 10.2 Å². The van der Waals surface area contributed by atoms with Gasteiger partial charge in [0.25, 0.3) is 0 Å². The van der Waals surface area contributed by atoms with E-state index in [9.17, 15) is 9.59 Å². The van der Waals surface area contributed by atoms with Crippen LogP contribution in [0, 0.1) is 0 Å². The summed E-state index contributed by atoms with van der Waals surface area (Å²) in [5, 5.41) is 17.4. The van der Waals surface area contributed by atoms with E-state index in [1.165, 1.54) is 0 Å². The van der Waals surface area contributed by atoms with Gasteiger partial charge in [0.05, 0.1) is 0 Å².